The molecule has 30 heavy (non-hydrogen) atoms. The first kappa shape index (κ1) is 10.4. The number of hydrogen-bond acceptors (Lipinski definition) is 5. The average Bonchev–Trinajstić information content (AvgIpc) is 2.96. The summed E-state index contributed by atoms with van der Waals surface area (Å²) in [6.45, 7) is -6.84. The normalized spacial score (nSPS) is 21.4. The van der Waals surface area contributed by atoms with E-state index < -0.39 is 103 Å². The second-order valence-corrected chi connectivity index (χ2v) is 5.61. The number of benzene rings is 2. The van der Waals surface area contributed by atoms with Crippen LogP contribution in [0.4, 0.5) is 13.2 Å². The summed E-state index contributed by atoms with van der Waals surface area (Å²) in [6.07, 6.45) is -6.96. The number of amides is 1. The molecule has 1 amide bonds. The Bertz CT molecular complexity index is 1540. The van der Waals surface area contributed by atoms with Crippen molar-refractivity contribution in [3.05, 3.63) is 72.1 Å². The summed E-state index contributed by atoms with van der Waals surface area (Å²) in [4.78, 5) is 21.0. The fourth-order valence-corrected chi connectivity index (χ4v) is 2.42. The van der Waals surface area contributed by atoms with Gasteiger partial charge < -0.3 is 14.4 Å². The van der Waals surface area contributed by atoms with Gasteiger partial charge in [0, 0.05) is 12.3 Å². The highest BCUT2D eigenvalue weighted by Gasteiger charge is 2.31. The maximum Gasteiger partial charge on any atom is 0.573 e. The van der Waals surface area contributed by atoms with Crippen LogP contribution in [0.15, 0.2) is 60.8 Å². The van der Waals surface area contributed by atoms with Gasteiger partial charge in [-0.1, -0.05) is 18.2 Å². The minimum absolute atomic E-state index is 0.240. The Balaban J connectivity index is 1.88. The standard InChI is InChI=1S/C21H16F3N3O3/c22-21(23,24)30-16-5-2-14(3-6-16)15-4-7-18-17(12-15)20(28)27(10-11-29-18)13-19-25-8-1-9-26-19/h1-9,12H,10-11,13H2/i1D,2D,3D,5D,6D,8D,9D,11D2,13D2. The number of hydrogen-bond donors (Lipinski definition) is 0. The van der Waals surface area contributed by atoms with Crippen LogP contribution in [0.3, 0.4) is 0 Å². The van der Waals surface area contributed by atoms with E-state index in [1.165, 1.54) is 0 Å². The van der Waals surface area contributed by atoms with Crippen molar-refractivity contribution < 1.29 is 42.5 Å². The predicted octanol–water partition coefficient (Wildman–Crippen LogP) is 4.08. The van der Waals surface area contributed by atoms with Crippen molar-refractivity contribution in [2.75, 3.05) is 13.1 Å². The third kappa shape index (κ3) is 4.51. The van der Waals surface area contributed by atoms with Crippen molar-refractivity contribution in [1.82, 2.24) is 14.9 Å². The molecule has 0 atom stereocenters. The lowest BCUT2D eigenvalue weighted by molar-refractivity contribution is -0.274. The van der Waals surface area contributed by atoms with Crippen molar-refractivity contribution in [1.29, 1.82) is 0 Å². The maximum atomic E-state index is 13.6. The molecule has 1 aromatic heterocycles. The fourth-order valence-electron chi connectivity index (χ4n) is 2.42. The summed E-state index contributed by atoms with van der Waals surface area (Å²) in [5.41, 5.74) is -1.32. The number of aromatic nitrogens is 2. The van der Waals surface area contributed by atoms with Crippen LogP contribution in [0.2, 0.25) is 0 Å². The Morgan fingerprint density at radius 2 is 1.93 bits per heavy atom. The second-order valence-electron chi connectivity index (χ2n) is 5.61. The fraction of sp³-hybridized carbons (Fsp3) is 0.190. The molecule has 4 rings (SSSR count). The Hall–Kier alpha value is -3.62. The van der Waals surface area contributed by atoms with Crippen LogP contribution in [0.1, 0.15) is 31.3 Å². The summed E-state index contributed by atoms with van der Waals surface area (Å²) in [5.74, 6) is -3.93. The molecule has 1 aliphatic heterocycles. The van der Waals surface area contributed by atoms with Gasteiger partial charge in [-0.25, -0.2) is 9.97 Å². The molecule has 0 aliphatic carbocycles. The summed E-state index contributed by atoms with van der Waals surface area (Å²) >= 11 is 0. The van der Waals surface area contributed by atoms with Gasteiger partial charge in [0.05, 0.1) is 33.7 Å². The van der Waals surface area contributed by atoms with E-state index in [9.17, 15) is 18.0 Å². The van der Waals surface area contributed by atoms with Gasteiger partial charge in [0.25, 0.3) is 5.91 Å². The highest BCUT2D eigenvalue weighted by Crippen LogP contribution is 2.31. The van der Waals surface area contributed by atoms with Gasteiger partial charge in [0.1, 0.15) is 23.9 Å². The zero-order valence-corrected chi connectivity index (χ0v) is 14.6. The van der Waals surface area contributed by atoms with E-state index in [1.807, 2.05) is 0 Å². The van der Waals surface area contributed by atoms with Crippen molar-refractivity contribution in [2.24, 2.45) is 0 Å². The number of rotatable bonds is 4. The van der Waals surface area contributed by atoms with Gasteiger partial charge in [-0.3, -0.25) is 4.79 Å². The minimum atomic E-state index is -5.31. The first-order chi connectivity index (χ1) is 18.7. The van der Waals surface area contributed by atoms with Gasteiger partial charge in [0.15, 0.2) is 0 Å². The van der Waals surface area contributed by atoms with Crippen LogP contribution in [0.5, 0.6) is 11.5 Å². The Morgan fingerprint density at radius 1 is 1.20 bits per heavy atom. The molecule has 2 aromatic carbocycles. The number of ether oxygens (including phenoxy) is 2. The van der Waals surface area contributed by atoms with Crippen molar-refractivity contribution in [2.45, 2.75) is 12.9 Å². The molecule has 154 valence electrons. The topological polar surface area (TPSA) is 64.6 Å². The molecule has 9 heteroatoms. The van der Waals surface area contributed by atoms with Crippen LogP contribution < -0.4 is 9.47 Å². The van der Waals surface area contributed by atoms with Crippen LogP contribution in [0.25, 0.3) is 11.1 Å². The molecule has 2 heterocycles. The quantitative estimate of drug-likeness (QED) is 0.629. The number of nitrogens with zero attached hydrogens (tertiary/aromatic N) is 3. The zero-order valence-electron chi connectivity index (χ0n) is 25.6. The van der Waals surface area contributed by atoms with E-state index in [2.05, 4.69) is 14.7 Å². The molecular weight excluding hydrogens is 399 g/mol. The molecule has 0 saturated heterocycles. The van der Waals surface area contributed by atoms with Crippen LogP contribution in [-0.2, 0) is 6.50 Å². The molecular formula is C21H16F3N3O3. The van der Waals surface area contributed by atoms with E-state index in [1.54, 1.807) is 0 Å². The lowest BCUT2D eigenvalue weighted by Gasteiger charge is -2.19. The molecule has 0 spiro atoms. The largest absolute Gasteiger partial charge is 0.573 e. The number of alkyl halides is 3. The SMILES string of the molecule is [2H]c1nc(C([2H])([2H])N2CC([2H])([2H])Oc3ccc(-c4c([2H])c([2H])c(OC(F)(F)F)c([2H])c4[2H])cc3C2=O)nc([2H])c1[2H]. The maximum absolute atomic E-state index is 13.6. The molecule has 1 aliphatic rings. The average molecular weight is 426 g/mol. The van der Waals surface area contributed by atoms with Crippen molar-refractivity contribution in [3.8, 4) is 22.6 Å². The molecule has 3 aromatic rings. The van der Waals surface area contributed by atoms with E-state index in [0.717, 1.165) is 18.2 Å². The lowest BCUT2D eigenvalue weighted by Crippen LogP contribution is -2.32. The number of halogens is 3. The first-order valence-corrected chi connectivity index (χ1v) is 8.09. The van der Waals surface area contributed by atoms with Gasteiger partial charge >= 0.3 is 6.36 Å². The Kier molecular flexibility index (Phi) is 2.78. The summed E-state index contributed by atoms with van der Waals surface area (Å²) < 4.78 is 136. The Labute approximate surface area is 185 Å². The Morgan fingerprint density at radius 3 is 2.63 bits per heavy atom. The van der Waals surface area contributed by atoms with Crippen molar-refractivity contribution in [3.63, 3.8) is 0 Å². The van der Waals surface area contributed by atoms with E-state index in [0.29, 0.717) is 4.90 Å². The van der Waals surface area contributed by atoms with Gasteiger partial charge in [-0.15, -0.1) is 13.2 Å². The summed E-state index contributed by atoms with van der Waals surface area (Å²) in [7, 11) is 0. The van der Waals surface area contributed by atoms with Crippen LogP contribution in [-0.4, -0.2) is 40.2 Å². The molecule has 0 fully saturated rings. The van der Waals surface area contributed by atoms with E-state index in [4.69, 9.17) is 19.8 Å². The number of carbonyl (C=O) groups is 1. The van der Waals surface area contributed by atoms with Crippen LogP contribution >= 0.6 is 0 Å². The number of carbonyl (C=O) groups excluding carboxylic acids is 1. The molecule has 0 radical (unpaired) electrons. The third-order valence-corrected chi connectivity index (χ3v) is 3.64. The molecule has 0 N–H and O–H groups in total. The van der Waals surface area contributed by atoms with E-state index in [-0.39, 0.29) is 5.56 Å². The zero-order chi connectivity index (χ0) is 30.8. The highest BCUT2D eigenvalue weighted by atomic mass is 19.4. The van der Waals surface area contributed by atoms with Gasteiger partial charge in [-0.05, 0) is 41.4 Å². The predicted molar refractivity (Wildman–Crippen MR) is 101 cm³/mol. The highest BCUT2D eigenvalue weighted by molar-refractivity contribution is 5.98. The molecule has 6 nitrogen and oxygen atoms in total. The number of fused-ring (bicyclic) bond motifs is 1. The summed E-state index contributed by atoms with van der Waals surface area (Å²) in [5, 5.41) is 0. The second kappa shape index (κ2) is 8.02. The smallest absolute Gasteiger partial charge is 0.491 e. The molecule has 0 bridgehead atoms. The molecule has 0 saturated carbocycles. The van der Waals surface area contributed by atoms with Crippen LogP contribution in [0, 0.1) is 0 Å². The van der Waals surface area contributed by atoms with E-state index >= 15 is 0 Å². The lowest BCUT2D eigenvalue weighted by atomic mass is 10.0. The monoisotopic (exact) mass is 426 g/mol. The minimum Gasteiger partial charge on any atom is -0.491 e. The van der Waals surface area contributed by atoms with Gasteiger partial charge in [-0.2, -0.15) is 0 Å². The first-order valence-electron chi connectivity index (χ1n) is 13.6. The van der Waals surface area contributed by atoms with Gasteiger partial charge in [0.2, 0.25) is 0 Å². The summed E-state index contributed by atoms with van der Waals surface area (Å²) in [6, 6.07) is -1.90. The van der Waals surface area contributed by atoms with Crippen molar-refractivity contribution >= 4 is 5.91 Å². The third-order valence-electron chi connectivity index (χ3n) is 3.64. The molecule has 0 unspecified atom stereocenters.